The number of benzene rings is 1. The predicted molar refractivity (Wildman–Crippen MR) is 120 cm³/mol. The number of carbonyl (C=O) groups excluding carboxylic acids is 1. The summed E-state index contributed by atoms with van der Waals surface area (Å²) in [6, 6.07) is 9.98. The number of nitrogens with zero attached hydrogens (tertiary/aromatic N) is 3. The number of aromatic nitrogens is 1. The van der Waals surface area contributed by atoms with Gasteiger partial charge in [-0.25, -0.2) is 14.2 Å². The largest absolute Gasteiger partial charge is 0.473 e. The Morgan fingerprint density at radius 3 is 2.55 bits per heavy atom. The minimum Gasteiger partial charge on any atom is -0.473 e. The molecule has 0 spiro atoms. The van der Waals surface area contributed by atoms with Gasteiger partial charge in [-0.2, -0.15) is 5.26 Å². The molecule has 0 atom stereocenters. The molecule has 0 aliphatic carbocycles. The first kappa shape index (κ1) is 24.5. The summed E-state index contributed by atoms with van der Waals surface area (Å²) in [4.78, 5) is 18.7. The number of pyridine rings is 1. The standard InChI is InChI=1S/C25H30FN3O4/c1-25(2,3)33-24(30)29-9-7-19(8-10-29)22-12-18(15-31-4)13-23(28-22)32-16-20-6-5-17(14-27)11-21(20)26/h5-6,11-13,19H,7-10,15-16H2,1-4H3. The van der Waals surface area contributed by atoms with E-state index in [1.165, 1.54) is 6.07 Å². The minimum absolute atomic E-state index is 0.00247. The van der Waals surface area contributed by atoms with Crippen LogP contribution in [0.15, 0.2) is 30.3 Å². The summed E-state index contributed by atoms with van der Waals surface area (Å²) in [5.41, 5.74) is 1.86. The van der Waals surface area contributed by atoms with Crippen molar-refractivity contribution in [1.82, 2.24) is 9.88 Å². The van der Waals surface area contributed by atoms with Gasteiger partial charge in [-0.05, 0) is 57.4 Å². The van der Waals surface area contributed by atoms with Gasteiger partial charge in [-0.3, -0.25) is 0 Å². The molecule has 3 rings (SSSR count). The van der Waals surface area contributed by atoms with Crippen molar-refractivity contribution in [3.8, 4) is 11.9 Å². The number of amides is 1. The van der Waals surface area contributed by atoms with E-state index in [1.807, 2.05) is 32.9 Å². The highest BCUT2D eigenvalue weighted by molar-refractivity contribution is 5.68. The second-order valence-corrected chi connectivity index (χ2v) is 9.12. The molecule has 33 heavy (non-hydrogen) atoms. The molecular weight excluding hydrogens is 425 g/mol. The Hall–Kier alpha value is -3.18. The number of methoxy groups -OCH3 is 1. The summed E-state index contributed by atoms with van der Waals surface area (Å²) in [5, 5.41) is 8.89. The molecule has 176 valence electrons. The van der Waals surface area contributed by atoms with Gasteiger partial charge < -0.3 is 19.1 Å². The van der Waals surface area contributed by atoms with Crippen LogP contribution in [0.3, 0.4) is 0 Å². The number of nitriles is 1. The number of likely N-dealkylation sites (tertiary alicyclic amines) is 1. The Morgan fingerprint density at radius 2 is 1.94 bits per heavy atom. The lowest BCUT2D eigenvalue weighted by atomic mass is 9.92. The van der Waals surface area contributed by atoms with Crippen LogP contribution in [-0.4, -0.2) is 41.8 Å². The summed E-state index contributed by atoms with van der Waals surface area (Å²) in [5.74, 6) is 0.0595. The molecule has 1 fully saturated rings. The topological polar surface area (TPSA) is 84.7 Å². The predicted octanol–water partition coefficient (Wildman–Crippen LogP) is 4.93. The normalized spacial score (nSPS) is 14.6. The molecule has 1 aromatic carbocycles. The smallest absolute Gasteiger partial charge is 0.410 e. The fraction of sp³-hybridized carbons (Fsp3) is 0.480. The van der Waals surface area contributed by atoms with Gasteiger partial charge in [-0.1, -0.05) is 6.07 Å². The first-order chi connectivity index (χ1) is 15.7. The van der Waals surface area contributed by atoms with Crippen molar-refractivity contribution in [2.75, 3.05) is 20.2 Å². The van der Waals surface area contributed by atoms with Gasteiger partial charge >= 0.3 is 6.09 Å². The lowest BCUT2D eigenvalue weighted by molar-refractivity contribution is 0.0204. The molecule has 1 amide bonds. The van der Waals surface area contributed by atoms with Gasteiger partial charge in [0, 0.05) is 43.4 Å². The number of ether oxygens (including phenoxy) is 3. The molecule has 1 aromatic heterocycles. The van der Waals surface area contributed by atoms with Gasteiger partial charge in [0.1, 0.15) is 18.0 Å². The molecule has 7 nitrogen and oxygen atoms in total. The molecule has 1 saturated heterocycles. The van der Waals surface area contributed by atoms with Crippen molar-refractivity contribution >= 4 is 6.09 Å². The van der Waals surface area contributed by atoms with Crippen molar-refractivity contribution in [2.45, 2.75) is 58.3 Å². The van der Waals surface area contributed by atoms with Crippen molar-refractivity contribution < 1.29 is 23.4 Å². The number of carbonyl (C=O) groups is 1. The average Bonchev–Trinajstić information content (AvgIpc) is 2.77. The Bertz CT molecular complexity index is 1020. The van der Waals surface area contributed by atoms with Gasteiger partial charge in [-0.15, -0.1) is 0 Å². The van der Waals surface area contributed by atoms with E-state index in [1.54, 1.807) is 30.2 Å². The van der Waals surface area contributed by atoms with Crippen LogP contribution >= 0.6 is 0 Å². The molecular formula is C25H30FN3O4. The maximum atomic E-state index is 14.2. The first-order valence-corrected chi connectivity index (χ1v) is 11.0. The summed E-state index contributed by atoms with van der Waals surface area (Å²) in [6.07, 6.45) is 1.22. The highest BCUT2D eigenvalue weighted by Crippen LogP contribution is 2.30. The van der Waals surface area contributed by atoms with E-state index in [2.05, 4.69) is 4.98 Å². The number of rotatable bonds is 6. The molecule has 0 saturated carbocycles. The zero-order valence-electron chi connectivity index (χ0n) is 19.6. The van der Waals surface area contributed by atoms with Crippen LogP contribution in [0.1, 0.15) is 61.9 Å². The number of hydrogen-bond acceptors (Lipinski definition) is 6. The van der Waals surface area contributed by atoms with Gasteiger partial charge in [0.15, 0.2) is 0 Å². The highest BCUT2D eigenvalue weighted by Gasteiger charge is 2.28. The third-order valence-electron chi connectivity index (χ3n) is 5.32. The van der Waals surface area contributed by atoms with Gasteiger partial charge in [0.2, 0.25) is 5.88 Å². The summed E-state index contributed by atoms with van der Waals surface area (Å²) in [6.45, 7) is 7.13. The lowest BCUT2D eigenvalue weighted by Gasteiger charge is -2.33. The van der Waals surface area contributed by atoms with Crippen LogP contribution in [0.4, 0.5) is 9.18 Å². The average molecular weight is 456 g/mol. The van der Waals surface area contributed by atoms with Crippen molar-refractivity contribution in [3.05, 3.63) is 58.5 Å². The van der Waals surface area contributed by atoms with Crippen LogP contribution < -0.4 is 4.74 Å². The molecule has 2 aromatic rings. The van der Waals surface area contributed by atoms with Crippen LogP contribution in [0.5, 0.6) is 5.88 Å². The highest BCUT2D eigenvalue weighted by atomic mass is 19.1. The van der Waals surface area contributed by atoms with E-state index in [0.717, 1.165) is 24.1 Å². The van der Waals surface area contributed by atoms with E-state index >= 15 is 0 Å². The van der Waals surface area contributed by atoms with Crippen LogP contribution in [-0.2, 0) is 22.7 Å². The van der Waals surface area contributed by atoms with Crippen LogP contribution in [0, 0.1) is 17.1 Å². The van der Waals surface area contributed by atoms with E-state index in [0.29, 0.717) is 31.1 Å². The zero-order chi connectivity index (χ0) is 24.0. The van der Waals surface area contributed by atoms with E-state index < -0.39 is 11.4 Å². The number of halogens is 1. The Kier molecular flexibility index (Phi) is 7.88. The summed E-state index contributed by atoms with van der Waals surface area (Å²) < 4.78 is 30.8. The Morgan fingerprint density at radius 1 is 1.21 bits per heavy atom. The van der Waals surface area contributed by atoms with Gasteiger partial charge in [0.25, 0.3) is 0 Å². The quantitative estimate of drug-likeness (QED) is 0.614. The summed E-state index contributed by atoms with van der Waals surface area (Å²) in [7, 11) is 1.62. The molecule has 0 bridgehead atoms. The van der Waals surface area contributed by atoms with Crippen LogP contribution in [0.25, 0.3) is 0 Å². The molecule has 0 radical (unpaired) electrons. The van der Waals surface area contributed by atoms with E-state index in [9.17, 15) is 9.18 Å². The van der Waals surface area contributed by atoms with Crippen molar-refractivity contribution in [3.63, 3.8) is 0 Å². The monoisotopic (exact) mass is 455 g/mol. The fourth-order valence-electron chi connectivity index (χ4n) is 3.69. The maximum absolute atomic E-state index is 14.2. The minimum atomic E-state index is -0.523. The number of hydrogen-bond donors (Lipinski definition) is 0. The second-order valence-electron chi connectivity index (χ2n) is 9.12. The maximum Gasteiger partial charge on any atom is 0.410 e. The fourth-order valence-corrected chi connectivity index (χ4v) is 3.69. The third kappa shape index (κ3) is 6.90. The Labute approximate surface area is 194 Å². The SMILES string of the molecule is COCc1cc(OCc2ccc(C#N)cc2F)nc(C2CCN(C(=O)OC(C)(C)C)CC2)c1. The van der Waals surface area contributed by atoms with E-state index in [-0.39, 0.29) is 24.2 Å². The molecule has 8 heteroatoms. The third-order valence-corrected chi connectivity index (χ3v) is 5.32. The molecule has 0 N–H and O–H groups in total. The van der Waals surface area contributed by atoms with E-state index in [4.69, 9.17) is 19.5 Å². The molecule has 2 heterocycles. The Balaban J connectivity index is 1.69. The summed E-state index contributed by atoms with van der Waals surface area (Å²) >= 11 is 0. The lowest BCUT2D eigenvalue weighted by Crippen LogP contribution is -2.41. The molecule has 1 aliphatic heterocycles. The first-order valence-electron chi connectivity index (χ1n) is 11.0. The molecule has 1 aliphatic rings. The van der Waals surface area contributed by atoms with Crippen molar-refractivity contribution in [2.24, 2.45) is 0 Å². The van der Waals surface area contributed by atoms with Crippen LogP contribution in [0.2, 0.25) is 0 Å². The molecule has 0 unspecified atom stereocenters. The number of piperidine rings is 1. The zero-order valence-corrected chi connectivity index (χ0v) is 19.6. The van der Waals surface area contributed by atoms with Crippen molar-refractivity contribution in [1.29, 1.82) is 5.26 Å². The van der Waals surface area contributed by atoms with Gasteiger partial charge in [0.05, 0.1) is 18.2 Å². The second kappa shape index (κ2) is 10.6.